The van der Waals surface area contributed by atoms with Crippen molar-refractivity contribution in [1.82, 2.24) is 4.31 Å². The summed E-state index contributed by atoms with van der Waals surface area (Å²) < 4.78 is 34.4. The Morgan fingerprint density at radius 1 is 0.882 bits per heavy atom. The Balaban J connectivity index is 1.64. The van der Waals surface area contributed by atoms with E-state index in [4.69, 9.17) is 4.74 Å². The van der Waals surface area contributed by atoms with Crippen LogP contribution in [0.2, 0.25) is 0 Å². The summed E-state index contributed by atoms with van der Waals surface area (Å²) in [7, 11) is -2.07. The topological polar surface area (TPSA) is 66.8 Å². The Kier molecular flexibility index (Phi) is 6.85. The van der Waals surface area contributed by atoms with Gasteiger partial charge >= 0.3 is 0 Å². The summed E-state index contributed by atoms with van der Waals surface area (Å²) in [6, 6.07) is 21.2. The zero-order chi connectivity index (χ0) is 24.5. The number of ether oxygens (including phenoxy) is 1. The van der Waals surface area contributed by atoms with Crippen molar-refractivity contribution >= 4 is 10.0 Å². The van der Waals surface area contributed by atoms with Gasteiger partial charge in [-0.3, -0.25) is 0 Å². The van der Waals surface area contributed by atoms with E-state index in [1.165, 1.54) is 0 Å². The van der Waals surface area contributed by atoms with Gasteiger partial charge in [-0.2, -0.15) is 4.31 Å². The molecule has 0 atom stereocenters. The number of piperidine rings is 1. The third kappa shape index (κ3) is 4.15. The smallest absolute Gasteiger partial charge is 0.243 e. The minimum atomic E-state index is -3.67. The first-order valence-corrected chi connectivity index (χ1v) is 13.1. The fourth-order valence-electron chi connectivity index (χ4n) is 5.30. The first kappa shape index (κ1) is 24.5. The lowest BCUT2D eigenvalue weighted by atomic mass is 9.72. The van der Waals surface area contributed by atoms with Crippen molar-refractivity contribution in [2.75, 3.05) is 20.2 Å². The predicted molar refractivity (Wildman–Crippen MR) is 135 cm³/mol. The van der Waals surface area contributed by atoms with Gasteiger partial charge in [-0.05, 0) is 73.4 Å². The average molecular weight is 480 g/mol. The molecule has 1 aliphatic heterocycles. The third-order valence-electron chi connectivity index (χ3n) is 7.27. The quantitative estimate of drug-likeness (QED) is 0.543. The summed E-state index contributed by atoms with van der Waals surface area (Å²) in [5.41, 5.74) is 2.74. The largest absolute Gasteiger partial charge is 0.496 e. The van der Waals surface area contributed by atoms with E-state index in [1.807, 2.05) is 81.4 Å². The molecule has 1 N–H and O–H groups in total. The van der Waals surface area contributed by atoms with Gasteiger partial charge in [-0.1, -0.05) is 60.7 Å². The maximum absolute atomic E-state index is 13.7. The van der Waals surface area contributed by atoms with Gasteiger partial charge in [0.05, 0.1) is 12.0 Å². The summed E-state index contributed by atoms with van der Waals surface area (Å²) in [5.74, 6) is 0.590. The molecule has 0 bridgehead atoms. The molecule has 0 saturated carbocycles. The molecule has 34 heavy (non-hydrogen) atoms. The lowest BCUT2D eigenvalue weighted by Crippen LogP contribution is -2.46. The van der Waals surface area contributed by atoms with Gasteiger partial charge in [0.1, 0.15) is 11.4 Å². The van der Waals surface area contributed by atoms with Gasteiger partial charge in [0, 0.05) is 13.1 Å². The predicted octanol–water partition coefficient (Wildman–Crippen LogP) is 4.96. The Morgan fingerprint density at radius 2 is 1.38 bits per heavy atom. The van der Waals surface area contributed by atoms with Gasteiger partial charge in [0.15, 0.2) is 0 Å². The van der Waals surface area contributed by atoms with Crippen molar-refractivity contribution in [3.8, 4) is 5.75 Å². The molecule has 3 aromatic rings. The van der Waals surface area contributed by atoms with Crippen molar-refractivity contribution < 1.29 is 18.3 Å². The summed E-state index contributed by atoms with van der Waals surface area (Å²) in [6.45, 7) is 6.27. The first-order valence-electron chi connectivity index (χ1n) is 11.7. The second kappa shape index (κ2) is 9.53. The third-order valence-corrected chi connectivity index (χ3v) is 9.46. The maximum Gasteiger partial charge on any atom is 0.243 e. The van der Waals surface area contributed by atoms with E-state index in [0.717, 1.165) is 22.3 Å². The van der Waals surface area contributed by atoms with Crippen LogP contribution < -0.4 is 4.74 Å². The van der Waals surface area contributed by atoms with Gasteiger partial charge in [-0.15, -0.1) is 0 Å². The van der Waals surface area contributed by atoms with Crippen molar-refractivity contribution in [3.05, 3.63) is 94.5 Å². The Morgan fingerprint density at radius 3 is 1.85 bits per heavy atom. The van der Waals surface area contributed by atoms with Crippen LogP contribution in [0.1, 0.15) is 40.7 Å². The highest BCUT2D eigenvalue weighted by Gasteiger charge is 2.43. The summed E-state index contributed by atoms with van der Waals surface area (Å²) in [4.78, 5) is 0.366. The van der Waals surface area contributed by atoms with E-state index in [0.29, 0.717) is 42.1 Å². The SMILES string of the molecule is COc1cc(C)c(S(=O)(=O)N2CCC(C(O)(c3ccccc3)c3ccccc3)CC2)c(C)c1C. The molecule has 0 unspecified atom stereocenters. The van der Waals surface area contributed by atoms with Crippen molar-refractivity contribution in [2.24, 2.45) is 5.92 Å². The number of aryl methyl sites for hydroxylation is 1. The van der Waals surface area contributed by atoms with E-state index in [2.05, 4.69) is 0 Å². The molecule has 3 aromatic carbocycles. The van der Waals surface area contributed by atoms with Crippen LogP contribution >= 0.6 is 0 Å². The molecule has 4 rings (SSSR count). The molecule has 1 saturated heterocycles. The van der Waals surface area contributed by atoms with E-state index >= 15 is 0 Å². The summed E-state index contributed by atoms with van der Waals surface area (Å²) in [6.07, 6.45) is 1.12. The van der Waals surface area contributed by atoms with Gasteiger partial charge < -0.3 is 9.84 Å². The standard InChI is InChI=1S/C28H33NO4S/c1-20-19-26(33-4)21(2)22(3)27(20)34(31,32)29-17-15-25(16-18-29)28(30,23-11-7-5-8-12-23)24-13-9-6-10-14-24/h5-14,19,25,30H,15-18H2,1-4H3. The lowest BCUT2D eigenvalue weighted by Gasteiger charge is -2.42. The van der Waals surface area contributed by atoms with E-state index < -0.39 is 15.6 Å². The molecule has 0 spiro atoms. The normalized spacial score (nSPS) is 15.9. The summed E-state index contributed by atoms with van der Waals surface area (Å²) in [5, 5.41) is 12.1. The number of aliphatic hydroxyl groups is 1. The van der Waals surface area contributed by atoms with Crippen LogP contribution in [0.15, 0.2) is 71.6 Å². The van der Waals surface area contributed by atoms with Crippen molar-refractivity contribution in [1.29, 1.82) is 0 Å². The number of hydrogen-bond acceptors (Lipinski definition) is 4. The zero-order valence-electron chi connectivity index (χ0n) is 20.3. The number of methoxy groups -OCH3 is 1. The minimum Gasteiger partial charge on any atom is -0.496 e. The van der Waals surface area contributed by atoms with Crippen molar-refractivity contribution in [3.63, 3.8) is 0 Å². The maximum atomic E-state index is 13.7. The molecule has 1 fully saturated rings. The molecular weight excluding hydrogens is 446 g/mol. The Hall–Kier alpha value is -2.67. The average Bonchev–Trinajstić information content (AvgIpc) is 2.86. The van der Waals surface area contributed by atoms with Crippen LogP contribution in [0.4, 0.5) is 0 Å². The fraction of sp³-hybridized carbons (Fsp3) is 0.357. The van der Waals surface area contributed by atoms with Crippen LogP contribution in [0.25, 0.3) is 0 Å². The second-order valence-corrected chi connectivity index (χ2v) is 11.0. The molecule has 1 heterocycles. The molecule has 6 heteroatoms. The fourth-order valence-corrected chi connectivity index (χ4v) is 7.25. The van der Waals surface area contributed by atoms with Crippen molar-refractivity contribution in [2.45, 2.75) is 44.1 Å². The summed E-state index contributed by atoms with van der Waals surface area (Å²) >= 11 is 0. The molecule has 5 nitrogen and oxygen atoms in total. The highest BCUT2D eigenvalue weighted by atomic mass is 32.2. The Labute approximate surface area is 203 Å². The van der Waals surface area contributed by atoms with Crippen LogP contribution in [0.5, 0.6) is 5.75 Å². The zero-order valence-corrected chi connectivity index (χ0v) is 21.1. The van der Waals surface area contributed by atoms with Crippen LogP contribution in [-0.2, 0) is 15.6 Å². The molecule has 180 valence electrons. The highest BCUT2D eigenvalue weighted by molar-refractivity contribution is 7.89. The van der Waals surface area contributed by atoms with E-state index in [9.17, 15) is 13.5 Å². The second-order valence-electron chi connectivity index (χ2n) is 9.15. The van der Waals surface area contributed by atoms with Crippen LogP contribution in [-0.4, -0.2) is 38.0 Å². The molecule has 0 amide bonds. The molecule has 0 aromatic heterocycles. The van der Waals surface area contributed by atoms with Crippen LogP contribution in [0.3, 0.4) is 0 Å². The molecular formula is C28H33NO4S. The number of nitrogens with zero attached hydrogens (tertiary/aromatic N) is 1. The van der Waals surface area contributed by atoms with Crippen LogP contribution in [0, 0.1) is 26.7 Å². The Bertz CT molecular complexity index is 1210. The highest BCUT2D eigenvalue weighted by Crippen LogP contribution is 2.43. The number of sulfonamides is 1. The van der Waals surface area contributed by atoms with Gasteiger partial charge in [0.25, 0.3) is 0 Å². The number of rotatable bonds is 6. The first-order chi connectivity index (χ1) is 16.2. The minimum absolute atomic E-state index is 0.108. The van der Waals surface area contributed by atoms with Gasteiger partial charge in [-0.25, -0.2) is 8.42 Å². The molecule has 1 aliphatic rings. The number of benzene rings is 3. The van der Waals surface area contributed by atoms with E-state index in [-0.39, 0.29) is 5.92 Å². The monoisotopic (exact) mass is 479 g/mol. The molecule has 0 aliphatic carbocycles. The molecule has 0 radical (unpaired) electrons. The van der Waals surface area contributed by atoms with E-state index in [1.54, 1.807) is 17.5 Å². The lowest BCUT2D eigenvalue weighted by molar-refractivity contribution is -0.00531. The van der Waals surface area contributed by atoms with Gasteiger partial charge in [0.2, 0.25) is 10.0 Å². The number of hydrogen-bond donors (Lipinski definition) is 1.